The van der Waals surface area contributed by atoms with E-state index in [1.807, 2.05) is 68.4 Å². The number of fused-ring (bicyclic) bond motifs is 2. The molecule has 30 heavy (non-hydrogen) atoms. The van der Waals surface area contributed by atoms with Gasteiger partial charge < -0.3 is 9.47 Å². The molecule has 0 atom stereocenters. The van der Waals surface area contributed by atoms with Crippen molar-refractivity contribution in [2.75, 3.05) is 13.2 Å². The Bertz CT molecular complexity index is 1220. The number of nitro benzene ring substituents is 1. The molecule has 0 spiro atoms. The topological polar surface area (TPSA) is 61.6 Å². The Morgan fingerprint density at radius 2 is 1.37 bits per heavy atom. The molecule has 0 amide bonds. The fraction of sp³-hybridized carbons (Fsp3) is 0.200. The molecule has 0 aliphatic carbocycles. The van der Waals surface area contributed by atoms with E-state index in [-0.39, 0.29) is 10.6 Å². The largest absolute Gasteiger partial charge is 0.493 e. The van der Waals surface area contributed by atoms with Crippen molar-refractivity contribution in [3.05, 3.63) is 88.0 Å². The second-order valence-corrected chi connectivity index (χ2v) is 6.98. The van der Waals surface area contributed by atoms with Crippen LogP contribution in [0.25, 0.3) is 21.5 Å². The zero-order chi connectivity index (χ0) is 21.1. The van der Waals surface area contributed by atoms with Gasteiger partial charge in [0.2, 0.25) is 0 Å². The van der Waals surface area contributed by atoms with Gasteiger partial charge in [-0.25, -0.2) is 0 Å². The molecule has 0 heterocycles. The molecule has 0 bridgehead atoms. The summed E-state index contributed by atoms with van der Waals surface area (Å²) in [5, 5.41) is 15.3. The van der Waals surface area contributed by atoms with Gasteiger partial charge in [-0.2, -0.15) is 0 Å². The summed E-state index contributed by atoms with van der Waals surface area (Å²) in [6, 6.07) is 21.0. The van der Waals surface area contributed by atoms with Crippen LogP contribution >= 0.6 is 0 Å². The first kappa shape index (κ1) is 19.7. The molecule has 0 N–H and O–H groups in total. The molecule has 0 aliphatic rings. The van der Waals surface area contributed by atoms with Crippen molar-refractivity contribution in [1.29, 1.82) is 0 Å². The fourth-order valence-corrected chi connectivity index (χ4v) is 3.99. The number of nitrogens with zero attached hydrogens (tertiary/aromatic N) is 1. The molecule has 152 valence electrons. The lowest BCUT2D eigenvalue weighted by Crippen LogP contribution is -2.03. The molecule has 0 unspecified atom stereocenters. The first-order chi connectivity index (χ1) is 14.7. The maximum absolute atomic E-state index is 11.9. The van der Waals surface area contributed by atoms with Crippen LogP contribution in [-0.4, -0.2) is 18.1 Å². The average molecular weight is 401 g/mol. The zero-order valence-electron chi connectivity index (χ0n) is 17.1. The van der Waals surface area contributed by atoms with Gasteiger partial charge in [0.1, 0.15) is 11.5 Å². The number of ether oxygens (including phenoxy) is 2. The van der Waals surface area contributed by atoms with Crippen LogP contribution in [0, 0.1) is 10.1 Å². The summed E-state index contributed by atoms with van der Waals surface area (Å²) in [5.41, 5.74) is 1.73. The molecule has 4 aromatic rings. The van der Waals surface area contributed by atoms with Crippen molar-refractivity contribution in [3.8, 4) is 11.5 Å². The molecule has 0 saturated carbocycles. The fourth-order valence-electron chi connectivity index (χ4n) is 3.99. The number of benzene rings is 4. The average Bonchev–Trinajstić information content (AvgIpc) is 2.76. The molecule has 0 aliphatic heterocycles. The van der Waals surface area contributed by atoms with Crippen molar-refractivity contribution in [1.82, 2.24) is 0 Å². The lowest BCUT2D eigenvalue weighted by atomic mass is 9.92. The third-order valence-electron chi connectivity index (χ3n) is 5.17. The van der Waals surface area contributed by atoms with Gasteiger partial charge in [0.25, 0.3) is 5.69 Å². The summed E-state index contributed by atoms with van der Waals surface area (Å²) in [6.45, 7) is 4.82. The summed E-state index contributed by atoms with van der Waals surface area (Å²) in [7, 11) is 0. The Hall–Kier alpha value is -3.60. The summed E-state index contributed by atoms with van der Waals surface area (Å²) in [5.74, 6) is 1.40. The van der Waals surface area contributed by atoms with E-state index in [1.54, 1.807) is 12.1 Å². The zero-order valence-corrected chi connectivity index (χ0v) is 17.1. The van der Waals surface area contributed by atoms with Crippen LogP contribution in [0.15, 0.2) is 66.7 Å². The van der Waals surface area contributed by atoms with E-state index in [0.717, 1.165) is 32.9 Å². The quantitative estimate of drug-likeness (QED) is 0.207. The van der Waals surface area contributed by atoms with Crippen molar-refractivity contribution in [2.45, 2.75) is 20.3 Å². The highest BCUT2D eigenvalue weighted by Gasteiger charge is 2.24. The summed E-state index contributed by atoms with van der Waals surface area (Å²) < 4.78 is 12.1. The Kier molecular flexibility index (Phi) is 5.53. The SMILES string of the molecule is CCOc1c2ccccc2c(OCC)c2c(Cc3ccccc3)c([N+](=O)[O-])ccc12. The monoisotopic (exact) mass is 401 g/mol. The normalized spacial score (nSPS) is 11.0. The first-order valence-electron chi connectivity index (χ1n) is 10.1. The Morgan fingerprint density at radius 1 is 0.767 bits per heavy atom. The van der Waals surface area contributed by atoms with Gasteiger partial charge >= 0.3 is 0 Å². The van der Waals surface area contributed by atoms with E-state index in [0.29, 0.717) is 30.9 Å². The van der Waals surface area contributed by atoms with Crippen LogP contribution in [0.5, 0.6) is 11.5 Å². The minimum Gasteiger partial charge on any atom is -0.493 e. The van der Waals surface area contributed by atoms with Crippen LogP contribution in [0.4, 0.5) is 5.69 Å². The summed E-state index contributed by atoms with van der Waals surface area (Å²) >= 11 is 0. The molecule has 5 heteroatoms. The molecule has 0 fully saturated rings. The Labute approximate surface area is 175 Å². The van der Waals surface area contributed by atoms with Crippen molar-refractivity contribution >= 4 is 27.2 Å². The minimum atomic E-state index is -0.316. The van der Waals surface area contributed by atoms with Crippen molar-refractivity contribution < 1.29 is 14.4 Å². The lowest BCUT2D eigenvalue weighted by molar-refractivity contribution is -0.385. The van der Waals surface area contributed by atoms with E-state index in [4.69, 9.17) is 9.47 Å². The number of nitro groups is 1. The van der Waals surface area contributed by atoms with Crippen molar-refractivity contribution in [3.63, 3.8) is 0 Å². The molecular weight excluding hydrogens is 378 g/mol. The van der Waals surface area contributed by atoms with Crippen LogP contribution < -0.4 is 9.47 Å². The van der Waals surface area contributed by atoms with Gasteiger partial charge in [0, 0.05) is 39.6 Å². The third-order valence-corrected chi connectivity index (χ3v) is 5.17. The molecular formula is C25H23NO4. The molecule has 4 rings (SSSR count). The highest BCUT2D eigenvalue weighted by molar-refractivity contribution is 6.13. The predicted octanol–water partition coefficient (Wildman–Crippen LogP) is 6.29. The maximum atomic E-state index is 11.9. The highest BCUT2D eigenvalue weighted by atomic mass is 16.6. The first-order valence-corrected chi connectivity index (χ1v) is 10.1. The second kappa shape index (κ2) is 8.41. The molecule has 5 nitrogen and oxygen atoms in total. The van der Waals surface area contributed by atoms with Crippen LogP contribution in [0.1, 0.15) is 25.0 Å². The Morgan fingerprint density at radius 3 is 2.00 bits per heavy atom. The third kappa shape index (κ3) is 3.43. The van der Waals surface area contributed by atoms with E-state index >= 15 is 0 Å². The second-order valence-electron chi connectivity index (χ2n) is 6.98. The number of rotatable bonds is 7. The van der Waals surface area contributed by atoms with Gasteiger partial charge in [0.05, 0.1) is 18.1 Å². The van der Waals surface area contributed by atoms with Gasteiger partial charge in [-0.15, -0.1) is 0 Å². The standard InChI is InChI=1S/C25H23NO4/c1-3-29-24-18-12-8-9-13-19(18)25(30-4-2)23-20(24)14-15-22(26(27)28)21(23)16-17-10-6-5-7-11-17/h5-15H,3-4,16H2,1-2H3. The molecule has 4 aromatic carbocycles. The van der Waals surface area contributed by atoms with E-state index < -0.39 is 0 Å². The smallest absolute Gasteiger partial charge is 0.273 e. The van der Waals surface area contributed by atoms with E-state index in [9.17, 15) is 10.1 Å². The highest BCUT2D eigenvalue weighted by Crippen LogP contribution is 2.46. The Balaban J connectivity index is 2.16. The van der Waals surface area contributed by atoms with Gasteiger partial charge in [0.15, 0.2) is 0 Å². The van der Waals surface area contributed by atoms with Crippen LogP contribution in [0.3, 0.4) is 0 Å². The van der Waals surface area contributed by atoms with Crippen LogP contribution in [-0.2, 0) is 6.42 Å². The predicted molar refractivity (Wildman–Crippen MR) is 120 cm³/mol. The molecule has 0 saturated heterocycles. The minimum absolute atomic E-state index is 0.0880. The number of hydrogen-bond acceptors (Lipinski definition) is 4. The summed E-state index contributed by atoms with van der Waals surface area (Å²) in [6.07, 6.45) is 0.429. The summed E-state index contributed by atoms with van der Waals surface area (Å²) in [4.78, 5) is 11.6. The van der Waals surface area contributed by atoms with Crippen molar-refractivity contribution in [2.24, 2.45) is 0 Å². The van der Waals surface area contributed by atoms with Gasteiger partial charge in [-0.1, -0.05) is 54.6 Å². The van der Waals surface area contributed by atoms with E-state index in [2.05, 4.69) is 0 Å². The van der Waals surface area contributed by atoms with Gasteiger partial charge in [-0.05, 0) is 25.5 Å². The number of hydrogen-bond donors (Lipinski definition) is 0. The van der Waals surface area contributed by atoms with E-state index in [1.165, 1.54) is 0 Å². The molecule has 0 aromatic heterocycles. The van der Waals surface area contributed by atoms with Crippen LogP contribution in [0.2, 0.25) is 0 Å². The maximum Gasteiger partial charge on any atom is 0.273 e. The molecule has 0 radical (unpaired) electrons. The lowest BCUT2D eigenvalue weighted by Gasteiger charge is -2.19. The van der Waals surface area contributed by atoms with Gasteiger partial charge in [-0.3, -0.25) is 10.1 Å².